The number of unbranched alkanes of at least 4 members (excludes halogenated alkanes) is 3. The Morgan fingerprint density at radius 3 is 2.67 bits per heavy atom. The highest BCUT2D eigenvalue weighted by molar-refractivity contribution is 5.64. The average Bonchev–Trinajstić information content (AvgIpc) is 2.86. The Labute approximate surface area is 124 Å². The van der Waals surface area contributed by atoms with Crippen molar-refractivity contribution in [3.8, 4) is 0 Å². The van der Waals surface area contributed by atoms with Crippen LogP contribution in [0.4, 0.5) is 18.9 Å². The summed E-state index contributed by atoms with van der Waals surface area (Å²) in [6.07, 6.45) is 1.64. The molecule has 1 nitrogen and oxygen atoms in total. The second-order valence-corrected chi connectivity index (χ2v) is 6.08. The number of alkyl halides is 3. The van der Waals surface area contributed by atoms with Gasteiger partial charge >= 0.3 is 6.18 Å². The maximum Gasteiger partial charge on any atom is 0.418 e. The first kappa shape index (κ1) is 16.2. The Balaban J connectivity index is 2.08. The number of benzene rings is 1. The molecule has 118 valence electrons. The summed E-state index contributed by atoms with van der Waals surface area (Å²) in [7, 11) is 0. The normalized spacial score (nSPS) is 19.2. The summed E-state index contributed by atoms with van der Waals surface area (Å²) in [6.45, 7) is 4.96. The van der Waals surface area contributed by atoms with Gasteiger partial charge in [0.25, 0.3) is 0 Å². The van der Waals surface area contributed by atoms with Gasteiger partial charge in [-0.05, 0) is 17.5 Å². The molecule has 1 aromatic carbocycles. The van der Waals surface area contributed by atoms with Crippen LogP contribution < -0.4 is 5.32 Å². The van der Waals surface area contributed by atoms with E-state index in [4.69, 9.17) is 0 Å². The lowest BCUT2D eigenvalue weighted by Gasteiger charge is -2.19. The molecule has 1 aliphatic heterocycles. The Hall–Kier alpha value is -1.19. The van der Waals surface area contributed by atoms with Crippen LogP contribution in [-0.2, 0) is 6.18 Å². The molecule has 0 saturated carbocycles. The summed E-state index contributed by atoms with van der Waals surface area (Å²) in [5.41, 5.74) is 0.615. The number of hydrogen-bond donors (Lipinski definition) is 1. The third kappa shape index (κ3) is 3.72. The van der Waals surface area contributed by atoms with E-state index in [2.05, 4.69) is 19.2 Å². The molecule has 4 heteroatoms. The second-order valence-electron chi connectivity index (χ2n) is 6.08. The fraction of sp³-hybridized carbons (Fsp3) is 0.647. The molecule has 0 amide bonds. The number of nitrogens with one attached hydrogen (secondary N) is 1. The van der Waals surface area contributed by atoms with Gasteiger partial charge in [-0.15, -0.1) is 0 Å². The number of halogens is 3. The van der Waals surface area contributed by atoms with Gasteiger partial charge in [0, 0.05) is 18.2 Å². The van der Waals surface area contributed by atoms with E-state index < -0.39 is 11.7 Å². The Kier molecular flexibility index (Phi) is 5.17. The van der Waals surface area contributed by atoms with Crippen molar-refractivity contribution in [3.05, 3.63) is 29.3 Å². The van der Waals surface area contributed by atoms with Crippen LogP contribution in [0.15, 0.2) is 18.2 Å². The standard InChI is InChI=1S/C17H24F3N/c1-3-4-5-6-8-12(2)14-11-21-16-13(14)9-7-10-15(16)17(18,19)20/h7,9-10,12,14,21H,3-6,8,11H2,1-2H3. The molecule has 0 fully saturated rings. The van der Waals surface area contributed by atoms with Gasteiger partial charge in [0.15, 0.2) is 0 Å². The molecule has 1 heterocycles. The molecule has 2 rings (SSSR count). The van der Waals surface area contributed by atoms with E-state index in [-0.39, 0.29) is 5.92 Å². The summed E-state index contributed by atoms with van der Waals surface area (Å²) in [5, 5.41) is 2.99. The molecule has 0 spiro atoms. The van der Waals surface area contributed by atoms with E-state index in [1.165, 1.54) is 37.8 Å². The maximum atomic E-state index is 13.0. The molecule has 0 aromatic heterocycles. The highest BCUT2D eigenvalue weighted by Gasteiger charge is 2.38. The predicted octanol–water partition coefficient (Wildman–Crippen LogP) is 5.82. The number of fused-ring (bicyclic) bond motifs is 1. The molecule has 21 heavy (non-hydrogen) atoms. The zero-order valence-corrected chi connectivity index (χ0v) is 12.8. The van der Waals surface area contributed by atoms with Gasteiger partial charge < -0.3 is 5.32 Å². The summed E-state index contributed by atoms with van der Waals surface area (Å²) in [5.74, 6) is 0.614. The minimum absolute atomic E-state index is 0.198. The zero-order chi connectivity index (χ0) is 15.5. The summed E-state index contributed by atoms with van der Waals surface area (Å²) >= 11 is 0. The van der Waals surface area contributed by atoms with Crippen molar-refractivity contribution >= 4 is 5.69 Å². The van der Waals surface area contributed by atoms with Gasteiger partial charge in [-0.25, -0.2) is 0 Å². The number of hydrogen-bond acceptors (Lipinski definition) is 1. The third-order valence-corrected chi connectivity index (χ3v) is 4.50. The number of anilines is 1. The SMILES string of the molecule is CCCCCCC(C)C1CNc2c1cccc2C(F)(F)F. The molecule has 0 bridgehead atoms. The van der Waals surface area contributed by atoms with Crippen molar-refractivity contribution in [2.45, 2.75) is 58.0 Å². The monoisotopic (exact) mass is 299 g/mol. The van der Waals surface area contributed by atoms with Crippen molar-refractivity contribution in [1.82, 2.24) is 0 Å². The Morgan fingerprint density at radius 1 is 1.24 bits per heavy atom. The van der Waals surface area contributed by atoms with Gasteiger partial charge in [0.2, 0.25) is 0 Å². The van der Waals surface area contributed by atoms with Crippen molar-refractivity contribution in [2.75, 3.05) is 11.9 Å². The average molecular weight is 299 g/mol. The molecular formula is C17H24F3N. The summed E-state index contributed by atoms with van der Waals surface area (Å²) < 4.78 is 39.1. The van der Waals surface area contributed by atoms with E-state index in [9.17, 15) is 13.2 Å². The second kappa shape index (κ2) is 6.71. The van der Waals surface area contributed by atoms with Gasteiger partial charge in [-0.1, -0.05) is 58.1 Å². The van der Waals surface area contributed by atoms with E-state index in [0.717, 1.165) is 12.0 Å². The molecular weight excluding hydrogens is 275 g/mol. The van der Waals surface area contributed by atoms with Crippen LogP contribution in [0, 0.1) is 5.92 Å². The first-order valence-corrected chi connectivity index (χ1v) is 7.89. The van der Waals surface area contributed by atoms with Crippen LogP contribution in [0.3, 0.4) is 0 Å². The molecule has 0 aliphatic carbocycles. The van der Waals surface area contributed by atoms with E-state index in [0.29, 0.717) is 18.2 Å². The molecule has 1 N–H and O–H groups in total. The molecule has 1 aromatic rings. The molecule has 0 saturated heterocycles. The zero-order valence-electron chi connectivity index (χ0n) is 12.8. The van der Waals surface area contributed by atoms with Gasteiger partial charge in [0.05, 0.1) is 5.56 Å². The fourth-order valence-corrected chi connectivity index (χ4v) is 3.24. The topological polar surface area (TPSA) is 12.0 Å². The van der Waals surface area contributed by atoms with Gasteiger partial charge in [-0.3, -0.25) is 0 Å². The van der Waals surface area contributed by atoms with Crippen molar-refractivity contribution in [3.63, 3.8) is 0 Å². The van der Waals surface area contributed by atoms with Crippen LogP contribution in [0.1, 0.15) is 63.0 Å². The molecule has 2 atom stereocenters. The van der Waals surface area contributed by atoms with E-state index in [1.54, 1.807) is 0 Å². The maximum absolute atomic E-state index is 13.0. The van der Waals surface area contributed by atoms with Crippen LogP contribution in [0.5, 0.6) is 0 Å². The van der Waals surface area contributed by atoms with Crippen LogP contribution >= 0.6 is 0 Å². The quantitative estimate of drug-likeness (QED) is 0.652. The van der Waals surface area contributed by atoms with Crippen LogP contribution in [0.25, 0.3) is 0 Å². The van der Waals surface area contributed by atoms with Crippen LogP contribution in [0.2, 0.25) is 0 Å². The molecule has 1 aliphatic rings. The van der Waals surface area contributed by atoms with E-state index in [1.807, 2.05) is 6.07 Å². The van der Waals surface area contributed by atoms with Crippen LogP contribution in [-0.4, -0.2) is 6.54 Å². The minimum atomic E-state index is -4.28. The fourth-order valence-electron chi connectivity index (χ4n) is 3.24. The first-order valence-electron chi connectivity index (χ1n) is 7.89. The summed E-state index contributed by atoms with van der Waals surface area (Å²) in [4.78, 5) is 0. The lowest BCUT2D eigenvalue weighted by Crippen LogP contribution is -2.12. The van der Waals surface area contributed by atoms with Crippen molar-refractivity contribution in [1.29, 1.82) is 0 Å². The first-order chi connectivity index (χ1) is 9.95. The highest BCUT2D eigenvalue weighted by atomic mass is 19.4. The lowest BCUT2D eigenvalue weighted by atomic mass is 9.85. The summed E-state index contributed by atoms with van der Waals surface area (Å²) in [6, 6.07) is 4.55. The Morgan fingerprint density at radius 2 is 2.00 bits per heavy atom. The van der Waals surface area contributed by atoms with Crippen molar-refractivity contribution in [2.24, 2.45) is 5.92 Å². The van der Waals surface area contributed by atoms with E-state index >= 15 is 0 Å². The third-order valence-electron chi connectivity index (χ3n) is 4.50. The number of rotatable bonds is 6. The predicted molar refractivity (Wildman–Crippen MR) is 80.6 cm³/mol. The van der Waals surface area contributed by atoms with Gasteiger partial charge in [-0.2, -0.15) is 13.2 Å². The smallest absolute Gasteiger partial charge is 0.384 e. The molecule has 2 unspecified atom stereocenters. The molecule has 0 radical (unpaired) electrons. The van der Waals surface area contributed by atoms with Gasteiger partial charge in [0.1, 0.15) is 0 Å². The number of para-hydroxylation sites is 1. The minimum Gasteiger partial charge on any atom is -0.384 e. The largest absolute Gasteiger partial charge is 0.418 e. The highest BCUT2D eigenvalue weighted by Crippen LogP contribution is 2.44. The van der Waals surface area contributed by atoms with Crippen molar-refractivity contribution < 1.29 is 13.2 Å². The Bertz CT molecular complexity index is 468. The lowest BCUT2D eigenvalue weighted by molar-refractivity contribution is -0.136.